The normalized spacial score (nSPS) is 10.8. The molecule has 0 fully saturated rings. The fourth-order valence-corrected chi connectivity index (χ4v) is 2.38. The fourth-order valence-electron chi connectivity index (χ4n) is 2.38. The lowest BCUT2D eigenvalue weighted by atomic mass is 10.0. The van der Waals surface area contributed by atoms with Crippen LogP contribution in [-0.2, 0) is 0 Å². The third-order valence-electron chi connectivity index (χ3n) is 3.99. The molecule has 0 heterocycles. The fraction of sp³-hybridized carbons (Fsp3) is 0.278. The molecular formula is C18H19FN2O3. The first kappa shape index (κ1) is 17.6. The number of hydrogen-bond donors (Lipinski definition) is 0. The van der Waals surface area contributed by atoms with E-state index in [0.717, 1.165) is 17.7 Å². The van der Waals surface area contributed by atoms with Crippen molar-refractivity contribution in [2.75, 3.05) is 11.9 Å². The standard InChI is InChI=1S/C18H19FN2O3/c1-11(2)13-6-5-7-15(8-13)20(4)18(22)14-9-16(19)12(3)17(10-14)21(23)24/h5-11H,1-4H3. The molecule has 2 rings (SSSR count). The first-order chi connectivity index (χ1) is 11.2. The van der Waals surface area contributed by atoms with Crippen LogP contribution >= 0.6 is 0 Å². The molecule has 6 heteroatoms. The summed E-state index contributed by atoms with van der Waals surface area (Å²) in [6.45, 7) is 5.40. The number of nitro benzene ring substituents is 1. The van der Waals surface area contributed by atoms with Crippen molar-refractivity contribution in [2.45, 2.75) is 26.7 Å². The number of amides is 1. The van der Waals surface area contributed by atoms with Crippen LogP contribution < -0.4 is 4.90 Å². The van der Waals surface area contributed by atoms with E-state index in [-0.39, 0.29) is 11.1 Å². The SMILES string of the molecule is Cc1c(F)cc(C(=O)N(C)c2cccc(C(C)C)c2)cc1[N+](=O)[O-]. The van der Waals surface area contributed by atoms with Gasteiger partial charge in [-0.25, -0.2) is 4.39 Å². The molecule has 0 spiro atoms. The van der Waals surface area contributed by atoms with E-state index in [9.17, 15) is 19.3 Å². The first-order valence-electron chi connectivity index (χ1n) is 7.55. The van der Waals surface area contributed by atoms with Crippen molar-refractivity contribution in [1.82, 2.24) is 0 Å². The number of carbonyl (C=O) groups is 1. The molecule has 0 N–H and O–H groups in total. The highest BCUT2D eigenvalue weighted by Crippen LogP contribution is 2.26. The van der Waals surface area contributed by atoms with Crippen LogP contribution in [-0.4, -0.2) is 17.9 Å². The summed E-state index contributed by atoms with van der Waals surface area (Å²) in [6.07, 6.45) is 0. The molecule has 5 nitrogen and oxygen atoms in total. The van der Waals surface area contributed by atoms with Crippen molar-refractivity contribution >= 4 is 17.3 Å². The average molecular weight is 330 g/mol. The van der Waals surface area contributed by atoms with Gasteiger partial charge in [0.2, 0.25) is 0 Å². The van der Waals surface area contributed by atoms with Crippen LogP contribution in [0, 0.1) is 22.9 Å². The number of hydrogen-bond acceptors (Lipinski definition) is 3. The van der Waals surface area contributed by atoms with E-state index in [1.807, 2.05) is 32.0 Å². The van der Waals surface area contributed by atoms with E-state index in [4.69, 9.17) is 0 Å². The minimum atomic E-state index is -0.767. The third-order valence-corrected chi connectivity index (χ3v) is 3.99. The van der Waals surface area contributed by atoms with Crippen molar-refractivity contribution in [1.29, 1.82) is 0 Å². The van der Waals surface area contributed by atoms with Crippen LogP contribution in [0.25, 0.3) is 0 Å². The summed E-state index contributed by atoms with van der Waals surface area (Å²) in [5.41, 5.74) is 1.17. The molecule has 0 aliphatic rings. The maximum Gasteiger partial charge on any atom is 0.276 e. The second-order valence-corrected chi connectivity index (χ2v) is 5.97. The van der Waals surface area contributed by atoms with Crippen LogP contribution in [0.5, 0.6) is 0 Å². The molecule has 0 atom stereocenters. The summed E-state index contributed by atoms with van der Waals surface area (Å²) < 4.78 is 13.9. The molecular weight excluding hydrogens is 311 g/mol. The first-order valence-corrected chi connectivity index (χ1v) is 7.55. The Bertz CT molecular complexity index is 803. The van der Waals surface area contributed by atoms with Crippen LogP contribution in [0.2, 0.25) is 0 Å². The minimum Gasteiger partial charge on any atom is -0.311 e. The summed E-state index contributed by atoms with van der Waals surface area (Å²) in [5, 5.41) is 11.0. The Morgan fingerprint density at radius 3 is 2.50 bits per heavy atom. The molecule has 0 unspecified atom stereocenters. The van der Waals surface area contributed by atoms with Gasteiger partial charge in [0.15, 0.2) is 0 Å². The van der Waals surface area contributed by atoms with Gasteiger partial charge in [-0.05, 0) is 36.6 Å². The molecule has 2 aromatic rings. The van der Waals surface area contributed by atoms with Crippen LogP contribution in [0.3, 0.4) is 0 Å². The second kappa shape index (κ2) is 6.78. The maximum atomic E-state index is 13.9. The second-order valence-electron chi connectivity index (χ2n) is 5.97. The van der Waals surface area contributed by atoms with Gasteiger partial charge < -0.3 is 4.90 Å². The van der Waals surface area contributed by atoms with Gasteiger partial charge in [-0.3, -0.25) is 14.9 Å². The molecule has 0 aliphatic carbocycles. The van der Waals surface area contributed by atoms with E-state index < -0.39 is 22.3 Å². The van der Waals surface area contributed by atoms with Crippen molar-refractivity contribution in [3.63, 3.8) is 0 Å². The van der Waals surface area contributed by atoms with Gasteiger partial charge >= 0.3 is 0 Å². The lowest BCUT2D eigenvalue weighted by Gasteiger charge is -2.19. The summed E-state index contributed by atoms with van der Waals surface area (Å²) in [7, 11) is 1.56. The van der Waals surface area contributed by atoms with Crippen LogP contribution in [0.4, 0.5) is 15.8 Å². The maximum absolute atomic E-state index is 13.9. The summed E-state index contributed by atoms with van der Waals surface area (Å²) >= 11 is 0. The Morgan fingerprint density at radius 2 is 1.92 bits per heavy atom. The largest absolute Gasteiger partial charge is 0.311 e. The van der Waals surface area contributed by atoms with Crippen LogP contribution in [0.15, 0.2) is 36.4 Å². The van der Waals surface area contributed by atoms with E-state index in [0.29, 0.717) is 11.6 Å². The number of rotatable bonds is 4. The lowest BCUT2D eigenvalue weighted by Crippen LogP contribution is -2.26. The molecule has 0 saturated heterocycles. The van der Waals surface area contributed by atoms with Crippen molar-refractivity contribution < 1.29 is 14.1 Å². The summed E-state index contributed by atoms with van der Waals surface area (Å²) in [5.74, 6) is -0.971. The zero-order valence-electron chi connectivity index (χ0n) is 14.0. The Kier molecular flexibility index (Phi) is 4.97. The molecule has 0 bridgehead atoms. The zero-order chi connectivity index (χ0) is 18.0. The number of halogens is 1. The summed E-state index contributed by atoms with van der Waals surface area (Å²) in [6, 6.07) is 9.59. The molecule has 0 radical (unpaired) electrons. The number of benzene rings is 2. The highest BCUT2D eigenvalue weighted by Gasteiger charge is 2.22. The van der Waals surface area contributed by atoms with Gasteiger partial charge in [0, 0.05) is 24.4 Å². The van der Waals surface area contributed by atoms with E-state index in [1.54, 1.807) is 13.1 Å². The van der Waals surface area contributed by atoms with Crippen LogP contribution in [0.1, 0.15) is 41.3 Å². The van der Waals surface area contributed by atoms with Gasteiger partial charge in [0.1, 0.15) is 5.82 Å². The lowest BCUT2D eigenvalue weighted by molar-refractivity contribution is -0.385. The Balaban J connectivity index is 2.41. The number of carbonyl (C=O) groups excluding carboxylic acids is 1. The van der Waals surface area contributed by atoms with Gasteiger partial charge in [-0.15, -0.1) is 0 Å². The molecule has 0 aliphatic heterocycles. The third kappa shape index (κ3) is 3.42. The smallest absolute Gasteiger partial charge is 0.276 e. The quantitative estimate of drug-likeness (QED) is 0.615. The van der Waals surface area contributed by atoms with Crippen molar-refractivity contribution in [2.24, 2.45) is 0 Å². The molecule has 1 amide bonds. The monoisotopic (exact) mass is 330 g/mol. The Hall–Kier alpha value is -2.76. The number of nitrogens with zero attached hydrogens (tertiary/aromatic N) is 2. The van der Waals surface area contributed by atoms with Gasteiger partial charge in [-0.2, -0.15) is 0 Å². The molecule has 2 aromatic carbocycles. The molecule has 0 saturated carbocycles. The average Bonchev–Trinajstić information content (AvgIpc) is 2.55. The number of nitro groups is 1. The highest BCUT2D eigenvalue weighted by molar-refractivity contribution is 6.06. The van der Waals surface area contributed by atoms with Gasteiger partial charge in [-0.1, -0.05) is 26.0 Å². The zero-order valence-corrected chi connectivity index (χ0v) is 14.0. The predicted octanol–water partition coefficient (Wildman–Crippen LogP) is 4.44. The van der Waals surface area contributed by atoms with Crippen molar-refractivity contribution in [3.05, 3.63) is 69.0 Å². The topological polar surface area (TPSA) is 63.5 Å². The van der Waals surface area contributed by atoms with Crippen molar-refractivity contribution in [3.8, 4) is 0 Å². The van der Waals surface area contributed by atoms with E-state index in [2.05, 4.69) is 0 Å². The van der Waals surface area contributed by atoms with E-state index >= 15 is 0 Å². The van der Waals surface area contributed by atoms with E-state index in [1.165, 1.54) is 11.8 Å². The van der Waals surface area contributed by atoms with Gasteiger partial charge in [0.25, 0.3) is 11.6 Å². The molecule has 24 heavy (non-hydrogen) atoms. The predicted molar refractivity (Wildman–Crippen MR) is 91.1 cm³/mol. The van der Waals surface area contributed by atoms with Gasteiger partial charge in [0.05, 0.1) is 10.5 Å². The molecule has 126 valence electrons. The Labute approximate surface area is 139 Å². The Morgan fingerprint density at radius 1 is 1.25 bits per heavy atom. The highest BCUT2D eigenvalue weighted by atomic mass is 19.1. The molecule has 0 aromatic heterocycles. The number of anilines is 1. The summed E-state index contributed by atoms with van der Waals surface area (Å²) in [4.78, 5) is 24.3. The minimum absolute atomic E-state index is 0.0535.